The Hall–Kier alpha value is -1.85. The summed E-state index contributed by atoms with van der Waals surface area (Å²) >= 11 is 0. The zero-order valence-corrected chi connectivity index (χ0v) is 14.6. The molecule has 2 aliphatic rings. The van der Waals surface area contributed by atoms with Crippen molar-refractivity contribution >= 4 is 18.3 Å². The van der Waals surface area contributed by atoms with E-state index in [1.54, 1.807) is 0 Å². The quantitative estimate of drug-likeness (QED) is 0.879. The normalized spacial score (nSPS) is 22.8. The highest BCUT2D eigenvalue weighted by Crippen LogP contribution is 2.23. The first-order valence-corrected chi connectivity index (χ1v) is 8.37. The van der Waals surface area contributed by atoms with Crippen LogP contribution in [0.1, 0.15) is 35.3 Å². The number of hydrogen-bond acceptors (Lipinski definition) is 3. The van der Waals surface area contributed by atoms with Crippen molar-refractivity contribution in [2.75, 3.05) is 13.1 Å². The van der Waals surface area contributed by atoms with Gasteiger partial charge in [-0.2, -0.15) is 5.10 Å². The molecule has 1 aromatic carbocycles. The van der Waals surface area contributed by atoms with Crippen LogP contribution >= 0.6 is 12.4 Å². The summed E-state index contributed by atoms with van der Waals surface area (Å²) in [7, 11) is 0. The van der Waals surface area contributed by atoms with Gasteiger partial charge in [0.25, 0.3) is 5.91 Å². The molecule has 4 rings (SSSR count). The van der Waals surface area contributed by atoms with Gasteiger partial charge in [-0.3, -0.25) is 9.89 Å². The summed E-state index contributed by atoms with van der Waals surface area (Å²) in [5.74, 6) is 0.0604. The molecule has 128 valence electrons. The maximum absolute atomic E-state index is 12.8. The summed E-state index contributed by atoms with van der Waals surface area (Å²) in [6.45, 7) is 3.68. The van der Waals surface area contributed by atoms with Gasteiger partial charge in [0.15, 0.2) is 0 Å². The molecule has 2 bridgehead atoms. The van der Waals surface area contributed by atoms with Gasteiger partial charge in [-0.1, -0.05) is 29.8 Å². The Morgan fingerprint density at radius 1 is 1.17 bits per heavy atom. The van der Waals surface area contributed by atoms with Crippen LogP contribution in [0.2, 0.25) is 0 Å². The number of benzene rings is 1. The number of nitrogens with one attached hydrogen (secondary N) is 2. The first-order chi connectivity index (χ1) is 11.2. The van der Waals surface area contributed by atoms with Crippen LogP contribution in [0.3, 0.4) is 0 Å². The van der Waals surface area contributed by atoms with Crippen LogP contribution in [0, 0.1) is 6.92 Å². The average molecular weight is 347 g/mol. The first-order valence-electron chi connectivity index (χ1n) is 8.37. The van der Waals surface area contributed by atoms with Crippen molar-refractivity contribution in [3.05, 3.63) is 41.6 Å². The second-order valence-electron chi connectivity index (χ2n) is 6.71. The minimum atomic E-state index is 0. The molecule has 5 nitrogen and oxygen atoms in total. The molecule has 24 heavy (non-hydrogen) atoms. The Morgan fingerprint density at radius 2 is 1.92 bits per heavy atom. The van der Waals surface area contributed by atoms with Crippen molar-refractivity contribution in [1.82, 2.24) is 20.4 Å². The van der Waals surface area contributed by atoms with E-state index in [0.29, 0.717) is 17.8 Å². The highest BCUT2D eigenvalue weighted by molar-refractivity contribution is 5.93. The lowest BCUT2D eigenvalue weighted by Crippen LogP contribution is -2.39. The summed E-state index contributed by atoms with van der Waals surface area (Å²) in [5, 5.41) is 10.8. The number of aryl methyl sites for hydroxylation is 1. The van der Waals surface area contributed by atoms with Gasteiger partial charge in [-0.25, -0.2) is 0 Å². The van der Waals surface area contributed by atoms with E-state index in [0.717, 1.165) is 30.8 Å². The summed E-state index contributed by atoms with van der Waals surface area (Å²) in [6.07, 6.45) is 3.46. The highest BCUT2D eigenvalue weighted by Gasteiger charge is 2.31. The van der Waals surface area contributed by atoms with E-state index in [9.17, 15) is 4.79 Å². The van der Waals surface area contributed by atoms with Crippen molar-refractivity contribution in [3.8, 4) is 11.3 Å². The zero-order chi connectivity index (χ0) is 15.8. The molecule has 3 heterocycles. The maximum Gasteiger partial charge on any atom is 0.271 e. The van der Waals surface area contributed by atoms with Gasteiger partial charge >= 0.3 is 0 Å². The van der Waals surface area contributed by atoms with E-state index in [-0.39, 0.29) is 18.3 Å². The number of hydrogen-bond donors (Lipinski definition) is 2. The van der Waals surface area contributed by atoms with Crippen LogP contribution in [0.25, 0.3) is 11.3 Å². The molecule has 6 heteroatoms. The fourth-order valence-corrected chi connectivity index (χ4v) is 3.60. The highest BCUT2D eigenvalue weighted by atomic mass is 35.5. The molecule has 0 radical (unpaired) electrons. The number of H-pyrrole nitrogens is 1. The lowest BCUT2D eigenvalue weighted by Gasteiger charge is -2.23. The topological polar surface area (TPSA) is 61.0 Å². The first kappa shape index (κ1) is 17.0. The molecule has 2 N–H and O–H groups in total. The second kappa shape index (κ2) is 6.95. The van der Waals surface area contributed by atoms with Gasteiger partial charge in [0, 0.05) is 30.7 Å². The largest absolute Gasteiger partial charge is 0.336 e. The zero-order valence-electron chi connectivity index (χ0n) is 13.8. The molecular weight excluding hydrogens is 324 g/mol. The van der Waals surface area contributed by atoms with Crippen LogP contribution in [0.4, 0.5) is 0 Å². The van der Waals surface area contributed by atoms with Crippen LogP contribution in [0.5, 0.6) is 0 Å². The molecule has 0 saturated carbocycles. The molecule has 2 fully saturated rings. The Balaban J connectivity index is 0.00000169. The van der Waals surface area contributed by atoms with Gasteiger partial charge in [-0.05, 0) is 32.3 Å². The Morgan fingerprint density at radius 3 is 2.71 bits per heavy atom. The molecule has 1 amide bonds. The second-order valence-corrected chi connectivity index (χ2v) is 6.71. The van der Waals surface area contributed by atoms with Crippen molar-refractivity contribution < 1.29 is 4.79 Å². The van der Waals surface area contributed by atoms with E-state index in [2.05, 4.69) is 34.6 Å². The third-order valence-electron chi connectivity index (χ3n) is 4.97. The van der Waals surface area contributed by atoms with Crippen LogP contribution < -0.4 is 5.32 Å². The Kier molecular flexibility index (Phi) is 4.92. The number of carbonyl (C=O) groups is 1. The lowest BCUT2D eigenvalue weighted by atomic mass is 10.1. The van der Waals surface area contributed by atoms with Crippen molar-refractivity contribution in [1.29, 1.82) is 0 Å². The van der Waals surface area contributed by atoms with Gasteiger partial charge < -0.3 is 10.2 Å². The maximum atomic E-state index is 12.8. The number of nitrogens with zero attached hydrogens (tertiary/aromatic N) is 2. The van der Waals surface area contributed by atoms with Gasteiger partial charge in [-0.15, -0.1) is 12.4 Å². The van der Waals surface area contributed by atoms with E-state index >= 15 is 0 Å². The molecule has 0 aliphatic carbocycles. The van der Waals surface area contributed by atoms with E-state index in [4.69, 9.17) is 0 Å². The SMILES string of the molecule is Cc1ccc(-c2cc(C(=O)N3CCC4CCC(C3)N4)[nH]n2)cc1.Cl. The number of halogens is 1. The molecule has 2 saturated heterocycles. The number of rotatable bonds is 2. The molecular formula is C18H23ClN4O. The predicted molar refractivity (Wildman–Crippen MR) is 96.5 cm³/mol. The fraction of sp³-hybridized carbons (Fsp3) is 0.444. The van der Waals surface area contributed by atoms with E-state index in [1.807, 2.05) is 23.1 Å². The number of aromatic amines is 1. The predicted octanol–water partition coefficient (Wildman–Crippen LogP) is 2.77. The molecule has 2 aromatic rings. The smallest absolute Gasteiger partial charge is 0.271 e. The lowest BCUT2D eigenvalue weighted by molar-refractivity contribution is 0.0742. The summed E-state index contributed by atoms with van der Waals surface area (Å²) in [6, 6.07) is 11.1. The number of likely N-dealkylation sites (tertiary alicyclic amines) is 1. The number of aromatic nitrogens is 2. The van der Waals surface area contributed by atoms with Crippen molar-refractivity contribution in [3.63, 3.8) is 0 Å². The van der Waals surface area contributed by atoms with Crippen molar-refractivity contribution in [2.24, 2.45) is 0 Å². The Bertz CT molecular complexity index is 712. The van der Waals surface area contributed by atoms with Gasteiger partial charge in [0.1, 0.15) is 5.69 Å². The number of fused-ring (bicyclic) bond motifs is 2. The number of carbonyl (C=O) groups excluding carboxylic acids is 1. The van der Waals surface area contributed by atoms with E-state index < -0.39 is 0 Å². The van der Waals surface area contributed by atoms with Crippen LogP contribution in [0.15, 0.2) is 30.3 Å². The van der Waals surface area contributed by atoms with Crippen molar-refractivity contribution in [2.45, 2.75) is 38.3 Å². The third kappa shape index (κ3) is 3.32. The van der Waals surface area contributed by atoms with Gasteiger partial charge in [0.05, 0.1) is 5.69 Å². The van der Waals surface area contributed by atoms with E-state index in [1.165, 1.54) is 18.4 Å². The molecule has 2 aliphatic heterocycles. The summed E-state index contributed by atoms with van der Waals surface area (Å²) in [4.78, 5) is 14.7. The monoisotopic (exact) mass is 346 g/mol. The third-order valence-corrected chi connectivity index (χ3v) is 4.97. The molecule has 0 spiro atoms. The minimum Gasteiger partial charge on any atom is -0.336 e. The summed E-state index contributed by atoms with van der Waals surface area (Å²) < 4.78 is 0. The van der Waals surface area contributed by atoms with Crippen LogP contribution in [-0.4, -0.2) is 46.2 Å². The minimum absolute atomic E-state index is 0. The van der Waals surface area contributed by atoms with Gasteiger partial charge in [0.2, 0.25) is 0 Å². The number of amides is 1. The fourth-order valence-electron chi connectivity index (χ4n) is 3.60. The molecule has 2 unspecified atom stereocenters. The average Bonchev–Trinajstić information content (AvgIpc) is 3.14. The standard InChI is InChI=1S/C18H22N4O.ClH/c1-12-2-4-13(5-3-12)16-10-17(21-20-16)18(23)22-9-8-14-6-7-15(11-22)19-14;/h2-5,10,14-15,19H,6-9,11H2,1H3,(H,20,21);1H. The molecule has 1 aromatic heterocycles. The molecule has 2 atom stereocenters. The summed E-state index contributed by atoms with van der Waals surface area (Å²) in [5.41, 5.74) is 3.65. The van der Waals surface area contributed by atoms with Crippen LogP contribution in [-0.2, 0) is 0 Å². The Labute approximate surface area is 148 Å².